The van der Waals surface area contributed by atoms with E-state index >= 15 is 0 Å². The summed E-state index contributed by atoms with van der Waals surface area (Å²) in [4.78, 5) is 10.8. The molecule has 0 bridgehead atoms. The fourth-order valence-corrected chi connectivity index (χ4v) is 2.11. The summed E-state index contributed by atoms with van der Waals surface area (Å²) in [6, 6.07) is 6.60. The van der Waals surface area contributed by atoms with E-state index in [1.54, 1.807) is 24.3 Å². The fraction of sp³-hybridized carbons (Fsp3) is 0.357. The summed E-state index contributed by atoms with van der Waals surface area (Å²) in [5, 5.41) is 9.44. The molecule has 1 atom stereocenters. The van der Waals surface area contributed by atoms with Gasteiger partial charge >= 0.3 is 12.1 Å². The van der Waals surface area contributed by atoms with Crippen molar-refractivity contribution in [2.75, 3.05) is 6.61 Å². The van der Waals surface area contributed by atoms with Gasteiger partial charge in [0.25, 0.3) is 0 Å². The number of hydrogen-bond donors (Lipinski definition) is 1. The van der Waals surface area contributed by atoms with Crippen LogP contribution in [0.4, 0.5) is 13.2 Å². The van der Waals surface area contributed by atoms with Gasteiger partial charge in [0.1, 0.15) is 5.75 Å². The lowest BCUT2D eigenvalue weighted by Gasteiger charge is -2.17. The number of aliphatic carboxylic acids is 1. The van der Waals surface area contributed by atoms with Gasteiger partial charge in [0.2, 0.25) is 0 Å². The molecule has 7 heteroatoms. The summed E-state index contributed by atoms with van der Waals surface area (Å²) in [6.07, 6.45) is -3.34. The third-order valence-corrected chi connectivity index (χ3v) is 3.13. The molecule has 0 amide bonds. The van der Waals surface area contributed by atoms with Crippen LogP contribution < -0.4 is 4.74 Å². The van der Waals surface area contributed by atoms with Gasteiger partial charge in [-0.3, -0.25) is 4.79 Å². The van der Waals surface area contributed by atoms with Crippen LogP contribution in [0.15, 0.2) is 30.5 Å². The maximum atomic E-state index is 12.7. The van der Waals surface area contributed by atoms with Crippen LogP contribution >= 0.6 is 0 Å². The first kappa shape index (κ1) is 15.2. The second-order valence-electron chi connectivity index (χ2n) is 4.55. The summed E-state index contributed by atoms with van der Waals surface area (Å²) in [5.74, 6) is -3.69. The number of alkyl halides is 3. The maximum absolute atomic E-state index is 12.7. The standard InChI is InChI=1S/C14H14F3NO3/c1-2-21-10-3-4-12-9(7-10)5-6-18(12)8-11(13(19)20)14(15,16)17/h3-7,11H,2,8H2,1H3,(H,19,20). The molecule has 1 aromatic heterocycles. The van der Waals surface area contributed by atoms with Crippen LogP contribution in [0, 0.1) is 5.92 Å². The smallest absolute Gasteiger partial charge is 0.403 e. The normalized spacial score (nSPS) is 13.3. The molecule has 4 nitrogen and oxygen atoms in total. The van der Waals surface area contributed by atoms with Crippen molar-refractivity contribution in [3.63, 3.8) is 0 Å². The number of nitrogens with zero attached hydrogens (tertiary/aromatic N) is 1. The number of aromatic nitrogens is 1. The van der Waals surface area contributed by atoms with Gasteiger partial charge in [0.15, 0.2) is 5.92 Å². The summed E-state index contributed by atoms with van der Waals surface area (Å²) in [7, 11) is 0. The SMILES string of the molecule is CCOc1ccc2c(ccn2CC(C(=O)O)C(F)(F)F)c1. The minimum absolute atomic E-state index is 0.487. The average molecular weight is 301 g/mol. The number of fused-ring (bicyclic) bond motifs is 1. The van der Waals surface area contributed by atoms with Gasteiger partial charge in [-0.05, 0) is 31.2 Å². The minimum atomic E-state index is -4.78. The van der Waals surface area contributed by atoms with Crippen molar-refractivity contribution in [2.45, 2.75) is 19.6 Å². The van der Waals surface area contributed by atoms with Gasteiger partial charge < -0.3 is 14.4 Å². The van der Waals surface area contributed by atoms with Crippen molar-refractivity contribution in [2.24, 2.45) is 5.92 Å². The minimum Gasteiger partial charge on any atom is -0.494 e. The van der Waals surface area contributed by atoms with Crippen LogP contribution in [0.25, 0.3) is 10.9 Å². The van der Waals surface area contributed by atoms with E-state index in [4.69, 9.17) is 9.84 Å². The maximum Gasteiger partial charge on any atom is 0.403 e. The van der Waals surface area contributed by atoms with Crippen molar-refractivity contribution in [1.29, 1.82) is 0 Å². The molecule has 2 aromatic rings. The van der Waals surface area contributed by atoms with Gasteiger partial charge in [-0.25, -0.2) is 0 Å². The van der Waals surface area contributed by atoms with Gasteiger partial charge in [0, 0.05) is 23.6 Å². The van der Waals surface area contributed by atoms with Crippen molar-refractivity contribution in [3.8, 4) is 5.75 Å². The zero-order chi connectivity index (χ0) is 15.6. The first-order chi connectivity index (χ1) is 9.82. The van der Waals surface area contributed by atoms with Crippen LogP contribution in [-0.4, -0.2) is 28.4 Å². The molecular formula is C14H14F3NO3. The molecule has 21 heavy (non-hydrogen) atoms. The van der Waals surface area contributed by atoms with E-state index in [-0.39, 0.29) is 0 Å². The van der Waals surface area contributed by atoms with E-state index < -0.39 is 24.6 Å². The highest BCUT2D eigenvalue weighted by Gasteiger charge is 2.45. The Bertz CT molecular complexity index is 648. The average Bonchev–Trinajstić information content (AvgIpc) is 2.77. The predicted octanol–water partition coefficient (Wildman–Crippen LogP) is 3.30. The number of carboxylic acid groups (broad SMARTS) is 1. The third kappa shape index (κ3) is 3.29. The second-order valence-corrected chi connectivity index (χ2v) is 4.55. The number of carboxylic acids is 1. The molecule has 2 rings (SSSR count). The fourth-order valence-electron chi connectivity index (χ4n) is 2.11. The summed E-state index contributed by atoms with van der Waals surface area (Å²) >= 11 is 0. The summed E-state index contributed by atoms with van der Waals surface area (Å²) < 4.78 is 44.7. The van der Waals surface area contributed by atoms with Crippen molar-refractivity contribution in [3.05, 3.63) is 30.5 Å². The van der Waals surface area contributed by atoms with Crippen molar-refractivity contribution < 1.29 is 27.8 Å². The Labute approximate surface area is 118 Å². The first-order valence-electron chi connectivity index (χ1n) is 6.34. The lowest BCUT2D eigenvalue weighted by atomic mass is 10.1. The Morgan fingerprint density at radius 3 is 2.67 bits per heavy atom. The van der Waals surface area contributed by atoms with E-state index in [0.29, 0.717) is 23.3 Å². The van der Waals surface area contributed by atoms with Gasteiger partial charge in [-0.15, -0.1) is 0 Å². The zero-order valence-electron chi connectivity index (χ0n) is 11.2. The highest BCUT2D eigenvalue weighted by atomic mass is 19.4. The van der Waals surface area contributed by atoms with E-state index in [9.17, 15) is 18.0 Å². The number of halogens is 3. The van der Waals surface area contributed by atoms with Crippen molar-refractivity contribution >= 4 is 16.9 Å². The molecule has 114 valence electrons. The van der Waals surface area contributed by atoms with Crippen LogP contribution in [0.3, 0.4) is 0 Å². The topological polar surface area (TPSA) is 51.5 Å². The third-order valence-electron chi connectivity index (χ3n) is 3.13. The molecule has 1 N–H and O–H groups in total. The molecule has 1 unspecified atom stereocenters. The van der Waals surface area contributed by atoms with Gasteiger partial charge in [-0.1, -0.05) is 0 Å². The lowest BCUT2D eigenvalue weighted by Crippen LogP contribution is -2.34. The number of carbonyl (C=O) groups is 1. The first-order valence-corrected chi connectivity index (χ1v) is 6.34. The number of ether oxygens (including phenoxy) is 1. The molecule has 0 saturated carbocycles. The molecule has 0 saturated heterocycles. The Morgan fingerprint density at radius 1 is 1.38 bits per heavy atom. The molecule has 1 heterocycles. The molecule has 0 radical (unpaired) electrons. The van der Waals surface area contributed by atoms with Gasteiger partial charge in [0.05, 0.1) is 6.61 Å². The van der Waals surface area contributed by atoms with Gasteiger partial charge in [-0.2, -0.15) is 13.2 Å². The van der Waals surface area contributed by atoms with Crippen LogP contribution in [0.2, 0.25) is 0 Å². The molecular weight excluding hydrogens is 287 g/mol. The monoisotopic (exact) mass is 301 g/mol. The Morgan fingerprint density at radius 2 is 2.10 bits per heavy atom. The number of rotatable bonds is 5. The summed E-state index contributed by atoms with van der Waals surface area (Å²) in [5.41, 5.74) is 0.536. The van der Waals surface area contributed by atoms with Crippen LogP contribution in [-0.2, 0) is 11.3 Å². The largest absolute Gasteiger partial charge is 0.494 e. The Hall–Kier alpha value is -2.18. The molecule has 0 aliphatic carbocycles. The highest BCUT2D eigenvalue weighted by molar-refractivity contribution is 5.82. The predicted molar refractivity (Wildman–Crippen MR) is 70.3 cm³/mol. The van der Waals surface area contributed by atoms with E-state index in [1.165, 1.54) is 10.8 Å². The van der Waals surface area contributed by atoms with Crippen LogP contribution in [0.1, 0.15) is 6.92 Å². The highest BCUT2D eigenvalue weighted by Crippen LogP contribution is 2.30. The Kier molecular flexibility index (Phi) is 4.11. The zero-order valence-corrected chi connectivity index (χ0v) is 11.2. The van der Waals surface area contributed by atoms with Crippen molar-refractivity contribution in [1.82, 2.24) is 4.57 Å². The number of hydrogen-bond acceptors (Lipinski definition) is 2. The van der Waals surface area contributed by atoms with Crippen LogP contribution in [0.5, 0.6) is 5.75 Å². The summed E-state index contributed by atoms with van der Waals surface area (Å²) in [6.45, 7) is 1.66. The second kappa shape index (κ2) is 5.67. The van der Waals surface area contributed by atoms with E-state index in [0.717, 1.165) is 0 Å². The quantitative estimate of drug-likeness (QED) is 0.922. The van der Waals surface area contributed by atoms with E-state index in [1.807, 2.05) is 6.92 Å². The number of benzene rings is 1. The molecule has 0 aliphatic rings. The van der Waals surface area contributed by atoms with E-state index in [2.05, 4.69) is 0 Å². The lowest BCUT2D eigenvalue weighted by molar-refractivity contribution is -0.195. The molecule has 1 aromatic carbocycles. The Balaban J connectivity index is 2.32. The molecule has 0 spiro atoms. The molecule has 0 fully saturated rings. The molecule has 0 aliphatic heterocycles.